The third-order valence-electron chi connectivity index (χ3n) is 3.41. The molecule has 0 unspecified atom stereocenters. The van der Waals surface area contributed by atoms with Crippen molar-refractivity contribution in [2.45, 2.75) is 19.4 Å². The second-order valence-electron chi connectivity index (χ2n) is 5.94. The molecule has 0 aliphatic carbocycles. The highest BCUT2D eigenvalue weighted by atomic mass is 16.4. The quantitative estimate of drug-likeness (QED) is 0.314. The second-order valence-corrected chi connectivity index (χ2v) is 5.94. The monoisotopic (exact) mass is 293 g/mol. The summed E-state index contributed by atoms with van der Waals surface area (Å²) in [7, 11) is 0. The van der Waals surface area contributed by atoms with Gasteiger partial charge in [0.25, 0.3) is 0 Å². The number of oxime groups is 1. The van der Waals surface area contributed by atoms with E-state index in [0.717, 1.165) is 32.0 Å². The normalized spacial score (nSPS) is 18.0. The Labute approximate surface area is 124 Å². The number of pyridine rings is 1. The zero-order valence-corrected chi connectivity index (χ0v) is 12.5. The van der Waals surface area contributed by atoms with E-state index in [2.05, 4.69) is 19.9 Å². The Hall–Kier alpha value is -1.86. The number of amidine groups is 1. The molecule has 0 radical (unpaired) electrons. The number of anilines is 1. The summed E-state index contributed by atoms with van der Waals surface area (Å²) in [6.45, 7) is 7.73. The summed E-state index contributed by atoms with van der Waals surface area (Å²) in [5.74, 6) is 0.833. The molecule has 1 fully saturated rings. The van der Waals surface area contributed by atoms with Gasteiger partial charge in [-0.1, -0.05) is 11.2 Å². The number of piperazine rings is 1. The van der Waals surface area contributed by atoms with Crippen molar-refractivity contribution in [2.24, 2.45) is 10.9 Å². The molecule has 1 aromatic rings. The molecule has 0 aromatic carbocycles. The summed E-state index contributed by atoms with van der Waals surface area (Å²) in [4.78, 5) is 8.81. The maximum absolute atomic E-state index is 9.86. The van der Waals surface area contributed by atoms with E-state index in [-0.39, 0.29) is 5.84 Å². The number of rotatable bonds is 4. The van der Waals surface area contributed by atoms with Crippen molar-refractivity contribution in [1.82, 2.24) is 9.88 Å². The topological polar surface area (TPSA) is 98.2 Å². The smallest absolute Gasteiger partial charge is 0.188 e. The fraction of sp³-hybridized carbons (Fsp3) is 0.571. The zero-order valence-electron chi connectivity index (χ0n) is 12.5. The first-order valence-corrected chi connectivity index (χ1v) is 7.04. The molecule has 0 bridgehead atoms. The Morgan fingerprint density at radius 1 is 1.33 bits per heavy atom. The molecule has 1 aliphatic rings. The third-order valence-corrected chi connectivity index (χ3v) is 3.41. The van der Waals surface area contributed by atoms with Gasteiger partial charge in [-0.15, -0.1) is 0 Å². The summed E-state index contributed by atoms with van der Waals surface area (Å²) in [6, 6.07) is 5.47. The lowest BCUT2D eigenvalue weighted by molar-refractivity contribution is 0.0344. The number of hydrogen-bond donors (Lipinski definition) is 3. The Morgan fingerprint density at radius 3 is 2.57 bits per heavy atom. The van der Waals surface area contributed by atoms with Crippen LogP contribution < -0.4 is 10.6 Å². The molecule has 7 heteroatoms. The fourth-order valence-corrected chi connectivity index (χ4v) is 2.48. The molecule has 4 N–H and O–H groups in total. The van der Waals surface area contributed by atoms with Gasteiger partial charge in [0.15, 0.2) is 5.84 Å². The molecule has 21 heavy (non-hydrogen) atoms. The Bertz CT molecular complexity index is 504. The van der Waals surface area contributed by atoms with Gasteiger partial charge in [-0.25, -0.2) is 4.98 Å². The van der Waals surface area contributed by atoms with E-state index < -0.39 is 5.60 Å². The van der Waals surface area contributed by atoms with E-state index in [4.69, 9.17) is 10.9 Å². The van der Waals surface area contributed by atoms with Crippen LogP contribution in [0.25, 0.3) is 0 Å². The van der Waals surface area contributed by atoms with Crippen molar-refractivity contribution in [1.29, 1.82) is 0 Å². The Morgan fingerprint density at radius 2 is 2.00 bits per heavy atom. The lowest BCUT2D eigenvalue weighted by Gasteiger charge is -2.37. The average Bonchev–Trinajstić information content (AvgIpc) is 2.45. The van der Waals surface area contributed by atoms with Crippen molar-refractivity contribution >= 4 is 11.7 Å². The summed E-state index contributed by atoms with van der Waals surface area (Å²) in [5, 5.41) is 21.5. The zero-order chi connectivity index (χ0) is 15.5. The lowest BCUT2D eigenvalue weighted by atomic mass is 10.1. The number of hydrogen-bond acceptors (Lipinski definition) is 6. The van der Waals surface area contributed by atoms with Gasteiger partial charge in [0.2, 0.25) is 0 Å². The van der Waals surface area contributed by atoms with Crippen molar-refractivity contribution in [3.8, 4) is 0 Å². The molecule has 0 amide bonds. The summed E-state index contributed by atoms with van der Waals surface area (Å²) < 4.78 is 0. The van der Waals surface area contributed by atoms with Gasteiger partial charge in [-0.3, -0.25) is 4.90 Å². The van der Waals surface area contributed by atoms with E-state index in [1.165, 1.54) is 0 Å². The number of nitrogens with two attached hydrogens (primary N) is 1. The van der Waals surface area contributed by atoms with E-state index in [1.54, 1.807) is 6.07 Å². The molecule has 2 heterocycles. The summed E-state index contributed by atoms with van der Waals surface area (Å²) in [6.07, 6.45) is 0. The number of nitrogens with zero attached hydrogens (tertiary/aromatic N) is 4. The molecule has 7 nitrogen and oxygen atoms in total. The maximum atomic E-state index is 9.86. The first kappa shape index (κ1) is 15.5. The summed E-state index contributed by atoms with van der Waals surface area (Å²) in [5.41, 5.74) is 5.36. The molecule has 1 aliphatic heterocycles. The van der Waals surface area contributed by atoms with Crippen LogP contribution in [0.15, 0.2) is 23.4 Å². The molecule has 0 atom stereocenters. The van der Waals surface area contributed by atoms with E-state index in [9.17, 15) is 5.11 Å². The van der Waals surface area contributed by atoms with E-state index in [0.29, 0.717) is 12.2 Å². The summed E-state index contributed by atoms with van der Waals surface area (Å²) >= 11 is 0. The fourth-order valence-electron chi connectivity index (χ4n) is 2.48. The highest BCUT2D eigenvalue weighted by molar-refractivity contribution is 5.95. The van der Waals surface area contributed by atoms with Crippen LogP contribution in [0, 0.1) is 0 Å². The third kappa shape index (κ3) is 4.30. The van der Waals surface area contributed by atoms with Gasteiger partial charge >= 0.3 is 0 Å². The van der Waals surface area contributed by atoms with Gasteiger partial charge in [0.1, 0.15) is 11.5 Å². The minimum atomic E-state index is -0.674. The average molecular weight is 293 g/mol. The van der Waals surface area contributed by atoms with Crippen LogP contribution in [0.2, 0.25) is 0 Å². The Balaban J connectivity index is 1.99. The van der Waals surface area contributed by atoms with Gasteiger partial charge < -0.3 is 20.9 Å². The maximum Gasteiger partial charge on any atom is 0.188 e. The predicted octanol–water partition coefficient (Wildman–Crippen LogP) is 0.0690. The second kappa shape index (κ2) is 6.28. The van der Waals surface area contributed by atoms with Crippen molar-refractivity contribution < 1.29 is 10.3 Å². The molecular formula is C14H23N5O2. The van der Waals surface area contributed by atoms with Crippen LogP contribution in [-0.2, 0) is 0 Å². The standard InChI is InChI=1S/C14H23N5O2/c1-14(2,20)10-18-6-8-19(9-7-18)12-5-3-4-11(16-12)13(15)17-21/h3-5,20-21H,6-10H2,1-2H3,(H2,15,17). The van der Waals surface area contributed by atoms with Crippen LogP contribution in [0.1, 0.15) is 19.5 Å². The molecule has 1 saturated heterocycles. The first-order valence-electron chi connectivity index (χ1n) is 7.04. The molecule has 0 spiro atoms. The molecule has 0 saturated carbocycles. The lowest BCUT2D eigenvalue weighted by Crippen LogP contribution is -2.50. The number of aromatic nitrogens is 1. The van der Waals surface area contributed by atoms with Gasteiger partial charge in [0, 0.05) is 32.7 Å². The van der Waals surface area contributed by atoms with E-state index in [1.807, 2.05) is 26.0 Å². The SMILES string of the molecule is CC(C)(O)CN1CCN(c2cccc(C(N)=NO)n2)CC1. The number of aliphatic hydroxyl groups is 1. The predicted molar refractivity (Wildman–Crippen MR) is 81.7 cm³/mol. The van der Waals surface area contributed by atoms with Gasteiger partial charge in [-0.2, -0.15) is 0 Å². The first-order chi connectivity index (χ1) is 9.89. The highest BCUT2D eigenvalue weighted by Gasteiger charge is 2.23. The van der Waals surface area contributed by atoms with Crippen molar-refractivity contribution in [2.75, 3.05) is 37.6 Å². The molecular weight excluding hydrogens is 270 g/mol. The van der Waals surface area contributed by atoms with Crippen LogP contribution in [0.3, 0.4) is 0 Å². The van der Waals surface area contributed by atoms with Crippen molar-refractivity contribution in [3.63, 3.8) is 0 Å². The van der Waals surface area contributed by atoms with Crippen molar-refractivity contribution in [3.05, 3.63) is 23.9 Å². The van der Waals surface area contributed by atoms with Crippen LogP contribution in [0.4, 0.5) is 5.82 Å². The van der Waals surface area contributed by atoms with Gasteiger partial charge in [0.05, 0.1) is 5.60 Å². The van der Waals surface area contributed by atoms with Crippen LogP contribution >= 0.6 is 0 Å². The van der Waals surface area contributed by atoms with Gasteiger partial charge in [-0.05, 0) is 26.0 Å². The minimum Gasteiger partial charge on any atom is -0.409 e. The number of β-amino-alcohol motifs (C(OH)–C–C–N with tert-alkyl or cyclic N) is 1. The van der Waals surface area contributed by atoms with Crippen LogP contribution in [0.5, 0.6) is 0 Å². The molecule has 2 rings (SSSR count). The van der Waals surface area contributed by atoms with E-state index >= 15 is 0 Å². The molecule has 1 aromatic heterocycles. The Kier molecular flexibility index (Phi) is 4.64. The minimum absolute atomic E-state index is 0.0116. The highest BCUT2D eigenvalue weighted by Crippen LogP contribution is 2.15. The largest absolute Gasteiger partial charge is 0.409 e. The molecule has 116 valence electrons. The van der Waals surface area contributed by atoms with Crippen LogP contribution in [-0.4, -0.2) is 64.4 Å².